The molecule has 7 heteroatoms. The van der Waals surface area contributed by atoms with E-state index in [9.17, 15) is 14.4 Å². The maximum absolute atomic E-state index is 13.3. The van der Waals surface area contributed by atoms with Crippen molar-refractivity contribution in [2.75, 3.05) is 7.11 Å². The molecule has 1 unspecified atom stereocenters. The molecule has 0 bridgehead atoms. The van der Waals surface area contributed by atoms with Crippen molar-refractivity contribution in [3.63, 3.8) is 0 Å². The van der Waals surface area contributed by atoms with Gasteiger partial charge in [-0.1, -0.05) is 43.9 Å². The summed E-state index contributed by atoms with van der Waals surface area (Å²) in [5, 5.41) is 6.79. The predicted molar refractivity (Wildman–Crippen MR) is 115 cm³/mol. The van der Waals surface area contributed by atoms with E-state index in [2.05, 4.69) is 15.6 Å². The number of rotatable bonds is 3. The highest BCUT2D eigenvalue weighted by molar-refractivity contribution is 5.95. The van der Waals surface area contributed by atoms with E-state index < -0.39 is 17.6 Å². The van der Waals surface area contributed by atoms with Gasteiger partial charge in [-0.25, -0.2) is 4.79 Å². The van der Waals surface area contributed by atoms with Crippen LogP contribution in [0.1, 0.15) is 57.4 Å². The van der Waals surface area contributed by atoms with E-state index in [1.807, 2.05) is 30.5 Å². The molecule has 30 heavy (non-hydrogen) atoms. The number of ether oxygens (including phenoxy) is 1. The molecule has 1 aromatic carbocycles. The lowest BCUT2D eigenvalue weighted by atomic mass is 9.90. The third kappa shape index (κ3) is 5.20. The van der Waals surface area contributed by atoms with E-state index in [1.165, 1.54) is 7.11 Å². The number of hydrogen-bond donors (Lipinski definition) is 3. The van der Waals surface area contributed by atoms with Gasteiger partial charge in [-0.2, -0.15) is 0 Å². The Bertz CT molecular complexity index is 907. The molecule has 0 saturated carbocycles. The normalized spacial score (nSPS) is 24.1. The lowest BCUT2D eigenvalue weighted by Gasteiger charge is -2.31. The van der Waals surface area contributed by atoms with Gasteiger partial charge < -0.3 is 20.4 Å². The van der Waals surface area contributed by atoms with Crippen molar-refractivity contribution in [2.24, 2.45) is 0 Å². The molecule has 7 nitrogen and oxygen atoms in total. The number of methoxy groups -OCH3 is 1. The number of H-pyrrole nitrogens is 1. The summed E-state index contributed by atoms with van der Waals surface area (Å²) < 4.78 is 4.89. The minimum atomic E-state index is -1.19. The van der Waals surface area contributed by atoms with E-state index >= 15 is 0 Å². The minimum absolute atomic E-state index is 0.152. The number of hydrogen-bond acceptors (Lipinski definition) is 4. The molecule has 1 fully saturated rings. The largest absolute Gasteiger partial charge is 0.467 e. The number of nitrogens with one attached hydrogen (secondary N) is 3. The molecule has 2 atom stereocenters. The molecule has 0 radical (unpaired) electrons. The topological polar surface area (TPSA) is 100 Å². The van der Waals surface area contributed by atoms with Gasteiger partial charge in [0.15, 0.2) is 0 Å². The lowest BCUT2D eigenvalue weighted by Crippen LogP contribution is -2.60. The number of amides is 2. The van der Waals surface area contributed by atoms with Crippen LogP contribution in [0.25, 0.3) is 10.9 Å². The van der Waals surface area contributed by atoms with Gasteiger partial charge in [-0.15, -0.1) is 0 Å². The van der Waals surface area contributed by atoms with Crippen LogP contribution in [-0.2, 0) is 25.5 Å². The predicted octanol–water partition coefficient (Wildman–Crippen LogP) is 2.99. The molecule has 1 aromatic heterocycles. The van der Waals surface area contributed by atoms with Gasteiger partial charge in [-0.3, -0.25) is 9.59 Å². The number of carbonyl (C=O) groups is 3. The molecule has 3 rings (SSSR count). The summed E-state index contributed by atoms with van der Waals surface area (Å²) in [6.07, 6.45) is 7.61. The van der Waals surface area contributed by atoms with E-state index in [0.717, 1.165) is 48.6 Å². The minimum Gasteiger partial charge on any atom is -0.467 e. The summed E-state index contributed by atoms with van der Waals surface area (Å²) in [6.45, 7) is 1.72. The fraction of sp³-hybridized carbons (Fsp3) is 0.522. The van der Waals surface area contributed by atoms with Crippen molar-refractivity contribution in [3.05, 3.63) is 36.0 Å². The first-order chi connectivity index (χ1) is 14.4. The maximum atomic E-state index is 13.3. The second kappa shape index (κ2) is 9.78. The summed E-state index contributed by atoms with van der Waals surface area (Å²) in [5.41, 5.74) is 0.713. The molecule has 2 heterocycles. The van der Waals surface area contributed by atoms with Crippen LogP contribution in [0.5, 0.6) is 0 Å². The highest BCUT2D eigenvalue weighted by Crippen LogP contribution is 2.24. The van der Waals surface area contributed by atoms with E-state index in [1.54, 1.807) is 6.92 Å². The number of fused-ring (bicyclic) bond motifs is 1. The lowest BCUT2D eigenvalue weighted by molar-refractivity contribution is -0.146. The van der Waals surface area contributed by atoms with Crippen LogP contribution in [0.3, 0.4) is 0 Å². The summed E-state index contributed by atoms with van der Waals surface area (Å²) in [5.74, 6) is -0.990. The molecule has 1 aliphatic rings. The molecule has 2 aromatic rings. The number of para-hydroxylation sites is 1. The van der Waals surface area contributed by atoms with Gasteiger partial charge in [0, 0.05) is 29.9 Å². The molecule has 2 amide bonds. The Morgan fingerprint density at radius 3 is 2.67 bits per heavy atom. The standard InChI is InChI=1S/C23H31N3O4/c1-23(14-16-15-24-18-11-9-8-10-17(16)18)22(29)25-19(21(28)30-2)12-6-4-3-5-7-13-20(27)26-23/h8-11,15,19,24H,3-7,12-14H2,1-2H3,(H,25,29)(H,26,27)/t19?,23-/m1/s1. The van der Waals surface area contributed by atoms with Crippen LogP contribution in [0.4, 0.5) is 0 Å². The Balaban J connectivity index is 1.90. The average molecular weight is 414 g/mol. The second-order valence-corrected chi connectivity index (χ2v) is 8.27. The number of esters is 1. The third-order valence-corrected chi connectivity index (χ3v) is 5.82. The summed E-state index contributed by atoms with van der Waals surface area (Å²) >= 11 is 0. The number of carbonyl (C=O) groups excluding carboxylic acids is 3. The molecule has 162 valence electrons. The molecule has 0 aliphatic carbocycles. The first-order valence-electron chi connectivity index (χ1n) is 10.7. The van der Waals surface area contributed by atoms with Gasteiger partial charge in [0.05, 0.1) is 7.11 Å². The number of aromatic amines is 1. The van der Waals surface area contributed by atoms with Gasteiger partial charge >= 0.3 is 5.97 Å². The molecular formula is C23H31N3O4. The van der Waals surface area contributed by atoms with Crippen molar-refractivity contribution in [1.82, 2.24) is 15.6 Å². The van der Waals surface area contributed by atoms with Crippen molar-refractivity contribution in [3.8, 4) is 0 Å². The molecule has 3 N–H and O–H groups in total. The Morgan fingerprint density at radius 1 is 1.13 bits per heavy atom. The zero-order valence-electron chi connectivity index (χ0n) is 17.8. The quantitative estimate of drug-likeness (QED) is 0.674. The molecule has 1 aliphatic heterocycles. The van der Waals surface area contributed by atoms with Gasteiger partial charge in [-0.05, 0) is 31.4 Å². The molecular weight excluding hydrogens is 382 g/mol. The SMILES string of the molecule is COC(=O)C1CCCCCCCC(=O)N[C@](C)(Cc2c[nH]c3ccccc23)C(=O)N1. The average Bonchev–Trinajstić information content (AvgIpc) is 3.13. The first kappa shape index (κ1) is 21.9. The maximum Gasteiger partial charge on any atom is 0.328 e. The van der Waals surface area contributed by atoms with Crippen LogP contribution < -0.4 is 10.6 Å². The van der Waals surface area contributed by atoms with Gasteiger partial charge in [0.1, 0.15) is 11.6 Å². The van der Waals surface area contributed by atoms with Crippen LogP contribution >= 0.6 is 0 Å². The zero-order chi connectivity index (χ0) is 21.6. The second-order valence-electron chi connectivity index (χ2n) is 8.27. The van der Waals surface area contributed by atoms with Crippen LogP contribution in [0.2, 0.25) is 0 Å². The van der Waals surface area contributed by atoms with Crippen molar-refractivity contribution >= 4 is 28.7 Å². The molecule has 0 spiro atoms. The molecule has 1 saturated heterocycles. The Labute approximate surface area is 176 Å². The summed E-state index contributed by atoms with van der Waals surface area (Å²) in [7, 11) is 1.32. The van der Waals surface area contributed by atoms with E-state index in [4.69, 9.17) is 4.74 Å². The summed E-state index contributed by atoms with van der Waals surface area (Å²) in [4.78, 5) is 41.4. The fourth-order valence-corrected chi connectivity index (χ4v) is 4.08. The van der Waals surface area contributed by atoms with E-state index in [-0.39, 0.29) is 11.8 Å². The van der Waals surface area contributed by atoms with E-state index in [0.29, 0.717) is 19.3 Å². The Hall–Kier alpha value is -2.83. The van der Waals surface area contributed by atoms with Crippen LogP contribution in [0.15, 0.2) is 30.5 Å². The third-order valence-electron chi connectivity index (χ3n) is 5.82. The number of aromatic nitrogens is 1. The van der Waals surface area contributed by atoms with Crippen LogP contribution in [-0.4, -0.2) is 41.5 Å². The Morgan fingerprint density at radius 2 is 1.87 bits per heavy atom. The first-order valence-corrected chi connectivity index (χ1v) is 10.7. The summed E-state index contributed by atoms with van der Waals surface area (Å²) in [6, 6.07) is 7.12. The zero-order valence-corrected chi connectivity index (χ0v) is 17.8. The smallest absolute Gasteiger partial charge is 0.328 e. The van der Waals surface area contributed by atoms with Crippen LogP contribution in [0, 0.1) is 0 Å². The Kier molecular flexibility index (Phi) is 7.13. The fourth-order valence-electron chi connectivity index (χ4n) is 4.08. The van der Waals surface area contributed by atoms with Crippen molar-refractivity contribution in [1.29, 1.82) is 0 Å². The van der Waals surface area contributed by atoms with Crippen molar-refractivity contribution < 1.29 is 19.1 Å². The highest BCUT2D eigenvalue weighted by atomic mass is 16.5. The van der Waals surface area contributed by atoms with Gasteiger partial charge in [0.25, 0.3) is 0 Å². The number of benzene rings is 1. The van der Waals surface area contributed by atoms with Crippen molar-refractivity contribution in [2.45, 2.75) is 69.9 Å². The monoisotopic (exact) mass is 413 g/mol. The highest BCUT2D eigenvalue weighted by Gasteiger charge is 2.38. The van der Waals surface area contributed by atoms with Gasteiger partial charge in [0.2, 0.25) is 11.8 Å².